The predicted molar refractivity (Wildman–Crippen MR) is 141 cm³/mol. The number of aliphatic imine (C=N–C) groups is 1. The summed E-state index contributed by atoms with van der Waals surface area (Å²) in [5.74, 6) is -1.51. The molecule has 38 heavy (non-hydrogen) atoms. The third-order valence-corrected chi connectivity index (χ3v) is 7.01. The highest BCUT2D eigenvalue weighted by molar-refractivity contribution is 8.18. The molecule has 0 bridgehead atoms. The number of nitro benzene ring substituents is 1. The van der Waals surface area contributed by atoms with Crippen LogP contribution < -0.4 is 5.32 Å². The fourth-order valence-corrected chi connectivity index (χ4v) is 5.10. The first-order chi connectivity index (χ1) is 18.4. The van der Waals surface area contributed by atoms with E-state index in [9.17, 15) is 19.7 Å². The number of benzene rings is 3. The van der Waals surface area contributed by atoms with Crippen LogP contribution >= 0.6 is 23.5 Å². The summed E-state index contributed by atoms with van der Waals surface area (Å²) in [5, 5.41) is 35.9. The number of carboxylic acids is 1. The molecule has 0 aliphatic carbocycles. The van der Waals surface area contributed by atoms with Gasteiger partial charge >= 0.3 is 5.97 Å². The molecule has 0 saturated carbocycles. The van der Waals surface area contributed by atoms with Crippen LogP contribution in [0.5, 0.6) is 0 Å². The largest absolute Gasteiger partial charge is 0.478 e. The van der Waals surface area contributed by atoms with Crippen molar-refractivity contribution < 1.29 is 19.6 Å². The lowest BCUT2D eigenvalue weighted by Crippen LogP contribution is -2.19. The maximum Gasteiger partial charge on any atom is 0.335 e. The minimum Gasteiger partial charge on any atom is -0.478 e. The Balaban J connectivity index is 1.39. The average molecular weight is 546 g/mol. The van der Waals surface area contributed by atoms with Crippen LogP contribution in [0.4, 0.5) is 11.4 Å². The lowest BCUT2D eigenvalue weighted by atomic mass is 10.2. The maximum atomic E-state index is 12.5. The number of thioether (sulfide) groups is 1. The molecule has 1 fully saturated rings. The van der Waals surface area contributed by atoms with Crippen molar-refractivity contribution in [2.24, 2.45) is 4.99 Å². The number of aromatic carboxylic acids is 1. The van der Waals surface area contributed by atoms with Gasteiger partial charge in [-0.25, -0.2) is 9.79 Å². The van der Waals surface area contributed by atoms with Gasteiger partial charge in [-0.3, -0.25) is 14.9 Å². The molecule has 1 saturated heterocycles. The monoisotopic (exact) mass is 545 g/mol. The molecule has 188 valence electrons. The molecule has 1 aliphatic heterocycles. The summed E-state index contributed by atoms with van der Waals surface area (Å²) in [7, 11) is 0. The quantitative estimate of drug-likeness (QED) is 0.194. The van der Waals surface area contributed by atoms with Crippen molar-refractivity contribution in [2.45, 2.75) is 10.1 Å². The molecule has 12 nitrogen and oxygen atoms in total. The first kappa shape index (κ1) is 24.9. The smallest absolute Gasteiger partial charge is 0.335 e. The number of carboxylic acid groups (broad SMARTS) is 1. The number of para-hydroxylation sites is 1. The van der Waals surface area contributed by atoms with E-state index in [0.717, 1.165) is 23.5 Å². The van der Waals surface area contributed by atoms with Gasteiger partial charge in [0.25, 0.3) is 11.6 Å². The normalized spacial score (nSPS) is 15.1. The van der Waals surface area contributed by atoms with Crippen molar-refractivity contribution in [3.8, 4) is 5.69 Å². The standard InChI is InChI=1S/C24H15N7O5S2/c32-21-20(37-23(26-21)25-16-6-4-5-15(13-16)22(33)34)12-14-9-10-19(18(11-14)31(35)36)38-24-27-28-29-30(24)17-7-2-1-3-8-17/h1-13H,(H,33,34)(H,25,26,32)/b20-12-. The first-order valence-corrected chi connectivity index (χ1v) is 12.4. The molecular weight excluding hydrogens is 530 g/mol. The highest BCUT2D eigenvalue weighted by Gasteiger charge is 2.25. The van der Waals surface area contributed by atoms with Crippen LogP contribution in [0.25, 0.3) is 11.8 Å². The SMILES string of the molecule is O=C1NC(=Nc2cccc(C(=O)O)c2)S/C1=C\c1ccc(Sc2nnnn2-c2ccccc2)c([N+](=O)[O-])c1. The van der Waals surface area contributed by atoms with Crippen molar-refractivity contribution in [2.75, 3.05) is 0 Å². The van der Waals surface area contributed by atoms with Gasteiger partial charge in [0.2, 0.25) is 5.16 Å². The number of hydrogen-bond donors (Lipinski definition) is 2. The highest BCUT2D eigenvalue weighted by atomic mass is 32.2. The third-order valence-electron chi connectivity index (χ3n) is 5.09. The molecule has 14 heteroatoms. The number of nitrogens with one attached hydrogen (secondary N) is 1. The lowest BCUT2D eigenvalue weighted by Gasteiger charge is -2.05. The Bertz CT molecular complexity index is 1640. The van der Waals surface area contributed by atoms with E-state index in [2.05, 4.69) is 25.8 Å². The van der Waals surface area contributed by atoms with Gasteiger partial charge in [0.15, 0.2) is 5.17 Å². The van der Waals surface area contributed by atoms with Crippen molar-refractivity contribution >= 4 is 58.0 Å². The zero-order valence-corrected chi connectivity index (χ0v) is 20.7. The minimum atomic E-state index is -1.09. The highest BCUT2D eigenvalue weighted by Crippen LogP contribution is 2.36. The maximum absolute atomic E-state index is 12.5. The second-order valence-electron chi connectivity index (χ2n) is 7.63. The van der Waals surface area contributed by atoms with Gasteiger partial charge in [-0.15, -0.1) is 5.10 Å². The van der Waals surface area contributed by atoms with Crippen LogP contribution in [-0.4, -0.2) is 47.3 Å². The van der Waals surface area contributed by atoms with Crippen LogP contribution in [0.3, 0.4) is 0 Å². The summed E-state index contributed by atoms with van der Waals surface area (Å²) in [6, 6.07) is 19.7. The topological polar surface area (TPSA) is 166 Å². The molecular formula is C24H15N7O5S2. The second kappa shape index (κ2) is 10.7. The van der Waals surface area contributed by atoms with Crippen LogP contribution in [-0.2, 0) is 4.79 Å². The van der Waals surface area contributed by atoms with E-state index in [4.69, 9.17) is 5.11 Å². The van der Waals surface area contributed by atoms with Crippen LogP contribution in [0.2, 0.25) is 0 Å². The number of carbonyl (C=O) groups is 2. The van der Waals surface area contributed by atoms with Gasteiger partial charge in [0.1, 0.15) is 0 Å². The van der Waals surface area contributed by atoms with E-state index in [0.29, 0.717) is 27.0 Å². The summed E-state index contributed by atoms with van der Waals surface area (Å²) in [6.45, 7) is 0. The summed E-state index contributed by atoms with van der Waals surface area (Å²) >= 11 is 2.09. The summed E-state index contributed by atoms with van der Waals surface area (Å²) in [4.78, 5) is 39.9. The molecule has 3 aromatic carbocycles. The van der Waals surface area contributed by atoms with Crippen LogP contribution in [0.1, 0.15) is 15.9 Å². The summed E-state index contributed by atoms with van der Waals surface area (Å²) in [5.41, 5.74) is 1.41. The average Bonchev–Trinajstić information content (AvgIpc) is 3.51. The molecule has 1 amide bonds. The summed E-state index contributed by atoms with van der Waals surface area (Å²) in [6.07, 6.45) is 1.52. The van der Waals surface area contributed by atoms with E-state index in [1.807, 2.05) is 30.3 Å². The molecule has 0 spiro atoms. The molecule has 0 unspecified atom stereocenters. The van der Waals surface area contributed by atoms with Gasteiger partial charge < -0.3 is 10.4 Å². The lowest BCUT2D eigenvalue weighted by molar-refractivity contribution is -0.387. The van der Waals surface area contributed by atoms with E-state index in [1.54, 1.807) is 24.3 Å². The predicted octanol–water partition coefficient (Wildman–Crippen LogP) is 4.31. The van der Waals surface area contributed by atoms with Crippen molar-refractivity contribution in [1.29, 1.82) is 0 Å². The number of hydrogen-bond acceptors (Lipinski definition) is 10. The van der Waals surface area contributed by atoms with E-state index in [1.165, 1.54) is 29.0 Å². The third kappa shape index (κ3) is 5.45. The Morgan fingerprint density at radius 2 is 1.95 bits per heavy atom. The zero-order valence-electron chi connectivity index (χ0n) is 19.1. The Labute approximate surface area is 222 Å². The second-order valence-corrected chi connectivity index (χ2v) is 9.67. The number of carbonyl (C=O) groups excluding carboxylic acids is 1. The number of nitro groups is 1. The number of amidine groups is 1. The van der Waals surface area contributed by atoms with E-state index in [-0.39, 0.29) is 21.3 Å². The Morgan fingerprint density at radius 3 is 2.71 bits per heavy atom. The first-order valence-electron chi connectivity index (χ1n) is 10.8. The minimum absolute atomic E-state index is 0.0695. The van der Waals surface area contributed by atoms with Gasteiger partial charge in [0.05, 0.1) is 31.7 Å². The molecule has 0 radical (unpaired) electrons. The van der Waals surface area contributed by atoms with Crippen LogP contribution in [0.15, 0.2) is 92.7 Å². The molecule has 5 rings (SSSR count). The number of aromatic nitrogens is 4. The van der Waals surface area contributed by atoms with Crippen molar-refractivity contribution in [3.05, 3.63) is 98.9 Å². The number of amides is 1. The van der Waals surface area contributed by atoms with Gasteiger partial charge in [0, 0.05) is 6.07 Å². The molecule has 4 aromatic rings. The number of tetrazole rings is 1. The Kier molecular flexibility index (Phi) is 6.97. The number of nitrogens with zero attached hydrogens (tertiary/aromatic N) is 6. The van der Waals surface area contributed by atoms with E-state index >= 15 is 0 Å². The van der Waals surface area contributed by atoms with Gasteiger partial charge in [-0.1, -0.05) is 30.3 Å². The van der Waals surface area contributed by atoms with E-state index < -0.39 is 16.8 Å². The number of rotatable bonds is 7. The van der Waals surface area contributed by atoms with Gasteiger partial charge in [-0.05, 0) is 82.0 Å². The zero-order chi connectivity index (χ0) is 26.6. The molecule has 0 atom stereocenters. The summed E-state index contributed by atoms with van der Waals surface area (Å²) < 4.78 is 1.48. The molecule has 1 aliphatic rings. The van der Waals surface area contributed by atoms with Crippen molar-refractivity contribution in [3.63, 3.8) is 0 Å². The fraction of sp³-hybridized carbons (Fsp3) is 0. The Morgan fingerprint density at radius 1 is 1.13 bits per heavy atom. The van der Waals surface area contributed by atoms with Crippen LogP contribution in [0, 0.1) is 10.1 Å². The van der Waals surface area contributed by atoms with Gasteiger partial charge in [-0.2, -0.15) is 4.68 Å². The molecule has 2 N–H and O–H groups in total. The fourth-order valence-electron chi connectivity index (χ4n) is 3.38. The Hall–Kier alpha value is -4.82. The molecule has 1 aromatic heterocycles. The van der Waals surface area contributed by atoms with Crippen molar-refractivity contribution in [1.82, 2.24) is 25.5 Å². The molecule has 2 heterocycles.